The number of anilines is 2. The number of piperazine rings is 1. The van der Waals surface area contributed by atoms with Crippen LogP contribution in [0.3, 0.4) is 0 Å². The zero-order valence-electron chi connectivity index (χ0n) is 19.3. The summed E-state index contributed by atoms with van der Waals surface area (Å²) >= 11 is 0. The Balaban J connectivity index is 1.16. The first-order valence-corrected chi connectivity index (χ1v) is 11.6. The van der Waals surface area contributed by atoms with Gasteiger partial charge < -0.3 is 19.9 Å². The normalized spacial score (nSPS) is 17.4. The summed E-state index contributed by atoms with van der Waals surface area (Å²) in [6.07, 6.45) is 2.45. The quantitative estimate of drug-likeness (QED) is 0.508. The Kier molecular flexibility index (Phi) is 7.53. The van der Waals surface area contributed by atoms with Crippen LogP contribution in [0.1, 0.15) is 43.2 Å². The van der Waals surface area contributed by atoms with Crippen LogP contribution in [0.4, 0.5) is 24.8 Å². The highest BCUT2D eigenvalue weighted by molar-refractivity contribution is 5.76. The van der Waals surface area contributed by atoms with E-state index in [0.717, 1.165) is 6.20 Å². The summed E-state index contributed by atoms with van der Waals surface area (Å²) in [5.74, 6) is 1.24. The van der Waals surface area contributed by atoms with Crippen molar-refractivity contribution in [3.8, 4) is 0 Å². The maximum atomic E-state index is 13.1. The van der Waals surface area contributed by atoms with Crippen molar-refractivity contribution >= 4 is 17.5 Å². The second-order valence-electron chi connectivity index (χ2n) is 8.81. The lowest BCUT2D eigenvalue weighted by molar-refractivity contribution is -0.138. The molecule has 1 unspecified atom stereocenters. The van der Waals surface area contributed by atoms with E-state index in [-0.39, 0.29) is 25.5 Å². The first-order chi connectivity index (χ1) is 16.7. The summed E-state index contributed by atoms with van der Waals surface area (Å²) < 4.78 is 44.9. The number of aromatic nitrogens is 4. The lowest BCUT2D eigenvalue weighted by atomic mass is 10.2. The van der Waals surface area contributed by atoms with Crippen molar-refractivity contribution in [2.75, 3.05) is 49.6 Å². The average molecular weight is 496 g/mol. The number of rotatable bonds is 9. The smallest absolute Gasteiger partial charge is 0.379 e. The van der Waals surface area contributed by atoms with Crippen LogP contribution in [-0.2, 0) is 15.7 Å². The fourth-order valence-corrected chi connectivity index (χ4v) is 3.95. The molecule has 4 rings (SSSR count). The Morgan fingerprint density at radius 3 is 2.51 bits per heavy atom. The molecule has 2 aliphatic rings. The topological polar surface area (TPSA) is 116 Å². The summed E-state index contributed by atoms with van der Waals surface area (Å²) in [6.45, 7) is 4.20. The summed E-state index contributed by atoms with van der Waals surface area (Å²) in [7, 11) is 0. The maximum absolute atomic E-state index is 13.1. The van der Waals surface area contributed by atoms with E-state index >= 15 is 0 Å². The van der Waals surface area contributed by atoms with Crippen LogP contribution in [-0.4, -0.2) is 76.4 Å². The van der Waals surface area contributed by atoms with E-state index in [2.05, 4.69) is 25.3 Å². The van der Waals surface area contributed by atoms with E-state index in [1.54, 1.807) is 16.9 Å². The minimum absolute atomic E-state index is 0.0478. The minimum Gasteiger partial charge on any atom is -0.379 e. The molecule has 13 heteroatoms. The molecule has 10 nitrogen and oxygen atoms in total. The van der Waals surface area contributed by atoms with Gasteiger partial charge in [-0.2, -0.15) is 18.3 Å². The van der Waals surface area contributed by atoms with Crippen LogP contribution in [0.15, 0.2) is 23.4 Å². The number of nitrogens with one attached hydrogen (secondary N) is 2. The Morgan fingerprint density at radius 2 is 1.89 bits per heavy atom. The maximum Gasteiger partial charge on any atom is 0.423 e. The molecule has 1 aliphatic carbocycles. The van der Waals surface area contributed by atoms with E-state index in [1.807, 2.05) is 12.4 Å². The van der Waals surface area contributed by atoms with Gasteiger partial charge in [0.1, 0.15) is 5.56 Å². The van der Waals surface area contributed by atoms with Gasteiger partial charge in [-0.25, -0.2) is 15.1 Å². The van der Waals surface area contributed by atoms with Crippen molar-refractivity contribution in [1.29, 1.82) is 0 Å². The first kappa shape index (κ1) is 24.9. The molecule has 0 aromatic carbocycles. The van der Waals surface area contributed by atoms with E-state index in [9.17, 15) is 22.8 Å². The highest BCUT2D eigenvalue weighted by Crippen LogP contribution is 2.39. The summed E-state index contributed by atoms with van der Waals surface area (Å²) in [5.41, 5.74) is -1.89. The first-order valence-electron chi connectivity index (χ1n) is 11.6. The molecule has 1 aliphatic heterocycles. The van der Waals surface area contributed by atoms with Gasteiger partial charge in [0.2, 0.25) is 11.9 Å². The molecule has 2 aromatic rings. The third kappa shape index (κ3) is 6.47. The highest BCUT2D eigenvalue weighted by atomic mass is 19.4. The summed E-state index contributed by atoms with van der Waals surface area (Å²) in [5, 5.41) is 7.81. The SMILES string of the molecule is CC(COCCC(=O)N1CCN(c2ncc(C3CC3)cn2)CC1)Nc1cn[nH]c(=O)c1C(F)(F)F. The Bertz CT molecular complexity index is 1070. The fourth-order valence-electron chi connectivity index (χ4n) is 3.95. The second kappa shape index (κ2) is 10.6. The van der Waals surface area contributed by atoms with Gasteiger partial charge in [-0.3, -0.25) is 9.59 Å². The molecule has 2 N–H and O–H groups in total. The largest absolute Gasteiger partial charge is 0.423 e. The zero-order valence-corrected chi connectivity index (χ0v) is 19.3. The average Bonchev–Trinajstić information content (AvgIpc) is 3.67. The van der Waals surface area contributed by atoms with Crippen LogP contribution in [0.25, 0.3) is 0 Å². The number of carbonyl (C=O) groups excluding carboxylic acids is 1. The molecule has 0 bridgehead atoms. The number of hydrogen-bond acceptors (Lipinski definition) is 8. The van der Waals surface area contributed by atoms with Crippen molar-refractivity contribution in [1.82, 2.24) is 25.1 Å². The number of aromatic amines is 1. The number of amides is 1. The van der Waals surface area contributed by atoms with Gasteiger partial charge in [0.25, 0.3) is 5.56 Å². The predicted octanol–water partition coefficient (Wildman–Crippen LogP) is 2.01. The summed E-state index contributed by atoms with van der Waals surface area (Å²) in [6, 6.07) is -0.537. The lowest BCUT2D eigenvalue weighted by Crippen LogP contribution is -2.49. The van der Waals surface area contributed by atoms with E-state index in [4.69, 9.17) is 4.74 Å². The molecular formula is C22H28F3N7O3. The van der Waals surface area contributed by atoms with E-state index in [1.165, 1.54) is 18.4 Å². The third-order valence-corrected chi connectivity index (χ3v) is 5.99. The molecule has 1 saturated heterocycles. The van der Waals surface area contributed by atoms with Gasteiger partial charge in [0.15, 0.2) is 0 Å². The number of H-pyrrole nitrogens is 1. The zero-order chi connectivity index (χ0) is 25.0. The van der Waals surface area contributed by atoms with Crippen molar-refractivity contribution < 1.29 is 22.7 Å². The molecule has 1 atom stereocenters. The number of hydrogen-bond donors (Lipinski definition) is 2. The molecule has 35 heavy (non-hydrogen) atoms. The molecule has 1 saturated carbocycles. The Labute approximate surface area is 199 Å². The van der Waals surface area contributed by atoms with Crippen LogP contribution in [0.2, 0.25) is 0 Å². The Hall–Kier alpha value is -3.22. The number of carbonyl (C=O) groups is 1. The molecule has 0 radical (unpaired) electrons. The Morgan fingerprint density at radius 1 is 1.20 bits per heavy atom. The lowest BCUT2D eigenvalue weighted by Gasteiger charge is -2.34. The number of ether oxygens (including phenoxy) is 1. The molecule has 3 heterocycles. The third-order valence-electron chi connectivity index (χ3n) is 5.99. The van der Waals surface area contributed by atoms with Gasteiger partial charge in [-0.1, -0.05) is 0 Å². The molecule has 2 fully saturated rings. The van der Waals surface area contributed by atoms with Crippen LogP contribution >= 0.6 is 0 Å². The predicted molar refractivity (Wildman–Crippen MR) is 121 cm³/mol. The minimum atomic E-state index is -4.82. The van der Waals surface area contributed by atoms with E-state index < -0.39 is 29.0 Å². The molecule has 1 amide bonds. The van der Waals surface area contributed by atoms with E-state index in [0.29, 0.717) is 38.0 Å². The van der Waals surface area contributed by atoms with Gasteiger partial charge in [0.05, 0.1) is 31.5 Å². The van der Waals surface area contributed by atoms with Gasteiger partial charge in [0, 0.05) is 44.6 Å². The van der Waals surface area contributed by atoms with Gasteiger partial charge in [-0.05, 0) is 31.2 Å². The van der Waals surface area contributed by atoms with Gasteiger partial charge in [-0.15, -0.1) is 0 Å². The highest BCUT2D eigenvalue weighted by Gasteiger charge is 2.37. The van der Waals surface area contributed by atoms with Crippen LogP contribution in [0.5, 0.6) is 0 Å². The number of alkyl halides is 3. The fraction of sp³-hybridized carbons (Fsp3) is 0.591. The number of nitrogens with zero attached hydrogens (tertiary/aromatic N) is 5. The van der Waals surface area contributed by atoms with Crippen molar-refractivity contribution in [3.05, 3.63) is 40.1 Å². The second-order valence-corrected chi connectivity index (χ2v) is 8.81. The van der Waals surface area contributed by atoms with Crippen molar-refractivity contribution in [2.45, 2.75) is 44.3 Å². The molecule has 0 spiro atoms. The molecule has 190 valence electrons. The van der Waals surface area contributed by atoms with Crippen molar-refractivity contribution in [3.63, 3.8) is 0 Å². The van der Waals surface area contributed by atoms with Gasteiger partial charge >= 0.3 is 6.18 Å². The molecular weight excluding hydrogens is 467 g/mol. The van der Waals surface area contributed by atoms with Crippen LogP contribution < -0.4 is 15.8 Å². The number of halogens is 3. The summed E-state index contributed by atoms with van der Waals surface area (Å²) in [4.78, 5) is 36.8. The van der Waals surface area contributed by atoms with Crippen molar-refractivity contribution in [2.24, 2.45) is 0 Å². The monoisotopic (exact) mass is 495 g/mol. The van der Waals surface area contributed by atoms with Crippen LogP contribution in [0, 0.1) is 0 Å². The standard InChI is InChI=1S/C22H28F3N7O3/c1-14(29-17-12-28-30-20(34)19(17)22(23,24)25)13-35-9-4-18(33)31-5-7-32(8-6-31)21-26-10-16(11-27-21)15-2-3-15/h10-12,14-15H,2-9,13H2,1H3,(H2,29,30,34). The molecule has 2 aromatic heterocycles.